The van der Waals surface area contributed by atoms with Crippen molar-refractivity contribution >= 4 is 21.6 Å². The molecule has 140 valence electrons. The van der Waals surface area contributed by atoms with Crippen molar-refractivity contribution in [1.29, 1.82) is 0 Å². The van der Waals surface area contributed by atoms with Crippen molar-refractivity contribution in [3.63, 3.8) is 0 Å². The number of carbonyl (C=O) groups is 1. The molecule has 0 fully saturated rings. The number of methoxy groups -OCH3 is 1. The van der Waals surface area contributed by atoms with Crippen molar-refractivity contribution in [2.24, 2.45) is 0 Å². The molecule has 0 atom stereocenters. The van der Waals surface area contributed by atoms with Crippen molar-refractivity contribution in [1.82, 2.24) is 5.32 Å². The molecule has 0 aliphatic heterocycles. The molecule has 26 heavy (non-hydrogen) atoms. The van der Waals surface area contributed by atoms with E-state index in [-0.39, 0.29) is 17.3 Å². The van der Waals surface area contributed by atoms with Crippen LogP contribution < -0.4 is 14.4 Å². The molecule has 2 aromatic rings. The van der Waals surface area contributed by atoms with Crippen LogP contribution in [0.3, 0.4) is 0 Å². The van der Waals surface area contributed by atoms with Gasteiger partial charge in [0.1, 0.15) is 12.3 Å². The quantitative estimate of drug-likeness (QED) is 0.769. The van der Waals surface area contributed by atoms with Gasteiger partial charge in [-0.2, -0.15) is 0 Å². The average molecular weight is 376 g/mol. The van der Waals surface area contributed by atoms with Crippen LogP contribution in [0.2, 0.25) is 0 Å². The second-order valence-corrected chi connectivity index (χ2v) is 7.74. The number of carbonyl (C=O) groups excluding carboxylic acids is 1. The smallest absolute Gasteiger partial charge is 0.264 e. The lowest BCUT2D eigenvalue weighted by Gasteiger charge is -2.24. The van der Waals surface area contributed by atoms with E-state index in [2.05, 4.69) is 5.32 Å². The normalized spacial score (nSPS) is 11.0. The van der Waals surface area contributed by atoms with E-state index < -0.39 is 10.0 Å². The van der Waals surface area contributed by atoms with Crippen LogP contribution in [0.1, 0.15) is 18.9 Å². The van der Waals surface area contributed by atoms with E-state index in [0.717, 1.165) is 16.3 Å². The number of ether oxygens (including phenoxy) is 1. The van der Waals surface area contributed by atoms with Gasteiger partial charge in [0.2, 0.25) is 5.91 Å². The fourth-order valence-corrected chi connectivity index (χ4v) is 3.77. The Hall–Kier alpha value is -2.54. The molecule has 0 aliphatic rings. The number of hydrogen-bond donors (Lipinski definition) is 1. The Balaban J connectivity index is 2.40. The number of nitrogens with zero attached hydrogens (tertiary/aromatic N) is 1. The van der Waals surface area contributed by atoms with Crippen LogP contribution in [-0.4, -0.2) is 34.5 Å². The Morgan fingerprint density at radius 3 is 2.23 bits per heavy atom. The van der Waals surface area contributed by atoms with Gasteiger partial charge in [-0.25, -0.2) is 8.42 Å². The molecule has 0 bridgehead atoms. The van der Waals surface area contributed by atoms with Gasteiger partial charge in [0.05, 0.1) is 17.7 Å². The van der Waals surface area contributed by atoms with Crippen LogP contribution in [-0.2, 0) is 14.8 Å². The molecule has 0 saturated carbocycles. The number of rotatable bonds is 8. The highest BCUT2D eigenvalue weighted by atomic mass is 32.2. The molecule has 2 rings (SSSR count). The standard InChI is InChI=1S/C19H24N2O4S/c1-4-13-20-19(22)14-21(16-7-5-15(2)6-8-16)26(23,24)18-11-9-17(25-3)10-12-18/h5-12H,4,13-14H2,1-3H3,(H,20,22). The molecule has 1 N–H and O–H groups in total. The second-order valence-electron chi connectivity index (χ2n) is 5.87. The zero-order valence-electron chi connectivity index (χ0n) is 15.2. The summed E-state index contributed by atoms with van der Waals surface area (Å²) >= 11 is 0. The molecule has 0 aromatic heterocycles. The number of benzene rings is 2. The summed E-state index contributed by atoms with van der Waals surface area (Å²) in [4.78, 5) is 12.3. The number of nitrogens with one attached hydrogen (secondary N) is 1. The Morgan fingerprint density at radius 1 is 1.08 bits per heavy atom. The maximum absolute atomic E-state index is 13.1. The van der Waals surface area contributed by atoms with Gasteiger partial charge in [0, 0.05) is 6.54 Å². The number of aryl methyl sites for hydroxylation is 1. The SMILES string of the molecule is CCCNC(=O)CN(c1ccc(C)cc1)S(=O)(=O)c1ccc(OC)cc1. The summed E-state index contributed by atoms with van der Waals surface area (Å²) in [6, 6.07) is 13.1. The molecule has 0 spiro atoms. The fraction of sp³-hybridized carbons (Fsp3) is 0.316. The molecule has 0 saturated heterocycles. The molecule has 1 amide bonds. The van der Waals surface area contributed by atoms with Gasteiger partial charge in [-0.05, 0) is 49.7 Å². The lowest BCUT2D eigenvalue weighted by atomic mass is 10.2. The summed E-state index contributed by atoms with van der Waals surface area (Å²) in [5, 5.41) is 2.72. The van der Waals surface area contributed by atoms with Crippen molar-refractivity contribution in [3.8, 4) is 5.75 Å². The van der Waals surface area contributed by atoms with Crippen LogP contribution in [0, 0.1) is 6.92 Å². The Morgan fingerprint density at radius 2 is 1.69 bits per heavy atom. The number of hydrogen-bond acceptors (Lipinski definition) is 4. The zero-order chi connectivity index (χ0) is 19.2. The maximum Gasteiger partial charge on any atom is 0.264 e. The lowest BCUT2D eigenvalue weighted by Crippen LogP contribution is -2.41. The average Bonchev–Trinajstić information content (AvgIpc) is 2.65. The summed E-state index contributed by atoms with van der Waals surface area (Å²) in [5.41, 5.74) is 1.45. The van der Waals surface area contributed by atoms with Gasteiger partial charge in [0.25, 0.3) is 10.0 Å². The minimum absolute atomic E-state index is 0.0992. The zero-order valence-corrected chi connectivity index (χ0v) is 16.0. The van der Waals surface area contributed by atoms with E-state index in [0.29, 0.717) is 18.0 Å². The van der Waals surface area contributed by atoms with Gasteiger partial charge < -0.3 is 10.1 Å². The van der Waals surface area contributed by atoms with Crippen LogP contribution >= 0.6 is 0 Å². The van der Waals surface area contributed by atoms with Gasteiger partial charge in [0.15, 0.2) is 0 Å². The van der Waals surface area contributed by atoms with E-state index >= 15 is 0 Å². The highest BCUT2D eigenvalue weighted by molar-refractivity contribution is 7.92. The predicted octanol–water partition coefficient (Wildman–Crippen LogP) is 2.73. The first kappa shape index (κ1) is 19.8. The highest BCUT2D eigenvalue weighted by Crippen LogP contribution is 2.25. The first-order valence-corrected chi connectivity index (χ1v) is 9.82. The van der Waals surface area contributed by atoms with Crippen LogP contribution in [0.15, 0.2) is 53.4 Å². The van der Waals surface area contributed by atoms with Crippen molar-refractivity contribution in [2.45, 2.75) is 25.2 Å². The van der Waals surface area contributed by atoms with Crippen LogP contribution in [0.5, 0.6) is 5.75 Å². The summed E-state index contributed by atoms with van der Waals surface area (Å²) < 4.78 is 32.5. The molecular formula is C19H24N2O4S. The Bertz CT molecular complexity index is 831. The minimum atomic E-state index is -3.90. The molecule has 7 heteroatoms. The molecule has 0 radical (unpaired) electrons. The van der Waals surface area contributed by atoms with Crippen molar-refractivity contribution in [2.75, 3.05) is 24.5 Å². The summed E-state index contributed by atoms with van der Waals surface area (Å²) in [6.45, 7) is 4.08. The number of amides is 1. The summed E-state index contributed by atoms with van der Waals surface area (Å²) in [5.74, 6) is 0.219. The van der Waals surface area contributed by atoms with E-state index in [9.17, 15) is 13.2 Å². The summed E-state index contributed by atoms with van der Waals surface area (Å²) in [7, 11) is -2.38. The first-order chi connectivity index (χ1) is 12.4. The maximum atomic E-state index is 13.1. The molecule has 6 nitrogen and oxygen atoms in total. The largest absolute Gasteiger partial charge is 0.497 e. The van der Waals surface area contributed by atoms with Gasteiger partial charge in [-0.3, -0.25) is 9.10 Å². The number of sulfonamides is 1. The predicted molar refractivity (Wildman–Crippen MR) is 102 cm³/mol. The Kier molecular flexibility index (Phi) is 6.63. The third-order valence-electron chi connectivity index (χ3n) is 3.83. The summed E-state index contributed by atoms with van der Waals surface area (Å²) in [6.07, 6.45) is 0.779. The Labute approximate surface area is 154 Å². The van der Waals surface area contributed by atoms with E-state index in [1.165, 1.54) is 19.2 Å². The van der Waals surface area contributed by atoms with E-state index in [1.807, 2.05) is 26.0 Å². The fourth-order valence-electron chi connectivity index (χ4n) is 2.35. The van der Waals surface area contributed by atoms with Crippen molar-refractivity contribution < 1.29 is 17.9 Å². The number of anilines is 1. The van der Waals surface area contributed by atoms with E-state index in [1.54, 1.807) is 24.3 Å². The topological polar surface area (TPSA) is 75.7 Å². The molecule has 2 aromatic carbocycles. The minimum Gasteiger partial charge on any atom is -0.497 e. The second kappa shape index (κ2) is 8.71. The van der Waals surface area contributed by atoms with Crippen LogP contribution in [0.25, 0.3) is 0 Å². The third-order valence-corrected chi connectivity index (χ3v) is 5.62. The third kappa shape index (κ3) is 4.76. The monoisotopic (exact) mass is 376 g/mol. The highest BCUT2D eigenvalue weighted by Gasteiger charge is 2.27. The van der Waals surface area contributed by atoms with Gasteiger partial charge in [-0.1, -0.05) is 24.6 Å². The first-order valence-electron chi connectivity index (χ1n) is 8.38. The molecule has 0 aliphatic carbocycles. The van der Waals surface area contributed by atoms with Gasteiger partial charge >= 0.3 is 0 Å². The van der Waals surface area contributed by atoms with E-state index in [4.69, 9.17) is 4.74 Å². The molecular weight excluding hydrogens is 352 g/mol. The van der Waals surface area contributed by atoms with Crippen LogP contribution in [0.4, 0.5) is 5.69 Å². The molecule has 0 heterocycles. The lowest BCUT2D eigenvalue weighted by molar-refractivity contribution is -0.119. The molecule has 0 unspecified atom stereocenters. The van der Waals surface area contributed by atoms with Gasteiger partial charge in [-0.15, -0.1) is 0 Å². The van der Waals surface area contributed by atoms with Crippen molar-refractivity contribution in [3.05, 3.63) is 54.1 Å².